The summed E-state index contributed by atoms with van der Waals surface area (Å²) in [5.74, 6) is 0.718. The Hall–Kier alpha value is -1.59. The number of ether oxygens (including phenoxy) is 2. The summed E-state index contributed by atoms with van der Waals surface area (Å²) in [5, 5.41) is 2.99. The number of amides is 1. The molecule has 0 aliphatic carbocycles. The van der Waals surface area contributed by atoms with Crippen LogP contribution in [0.3, 0.4) is 0 Å². The molecule has 2 unspecified atom stereocenters. The van der Waals surface area contributed by atoms with Gasteiger partial charge in [-0.3, -0.25) is 4.79 Å². The van der Waals surface area contributed by atoms with E-state index in [2.05, 4.69) is 18.3 Å². The van der Waals surface area contributed by atoms with Crippen LogP contribution in [0.2, 0.25) is 0 Å². The van der Waals surface area contributed by atoms with Crippen molar-refractivity contribution < 1.29 is 14.3 Å². The van der Waals surface area contributed by atoms with E-state index in [1.54, 1.807) is 0 Å². The lowest BCUT2D eigenvalue weighted by Gasteiger charge is -2.28. The molecule has 1 aliphatic rings. The van der Waals surface area contributed by atoms with Gasteiger partial charge in [0.05, 0.1) is 12.6 Å². The van der Waals surface area contributed by atoms with Crippen molar-refractivity contribution in [2.24, 2.45) is 5.73 Å². The predicted molar refractivity (Wildman–Crippen MR) is 81.2 cm³/mol. The minimum atomic E-state index is -0.112. The van der Waals surface area contributed by atoms with Crippen LogP contribution in [0.1, 0.15) is 49.4 Å². The lowest BCUT2D eigenvalue weighted by atomic mass is 9.94. The Balaban J connectivity index is 2.19. The van der Waals surface area contributed by atoms with Gasteiger partial charge in [-0.15, -0.1) is 0 Å². The van der Waals surface area contributed by atoms with E-state index in [1.165, 1.54) is 7.11 Å². The smallest absolute Gasteiger partial charge is 0.246 e. The van der Waals surface area contributed by atoms with E-state index in [0.29, 0.717) is 6.61 Å². The molecule has 1 aromatic rings. The SMILES string of the molecule is CCCC(N)c1ccc2c(c1)C(NC(=O)COC)CCO2. The number of nitrogens with two attached hydrogens (primary N) is 1. The first-order valence-electron chi connectivity index (χ1n) is 7.46. The molecule has 2 rings (SSSR count). The van der Waals surface area contributed by atoms with E-state index < -0.39 is 0 Å². The van der Waals surface area contributed by atoms with Crippen molar-refractivity contribution >= 4 is 5.91 Å². The number of fused-ring (bicyclic) bond motifs is 1. The molecule has 0 radical (unpaired) electrons. The number of nitrogens with one attached hydrogen (secondary N) is 1. The maximum atomic E-state index is 11.7. The fourth-order valence-electron chi connectivity index (χ4n) is 2.64. The normalized spacial score (nSPS) is 18.5. The number of carbonyl (C=O) groups excluding carboxylic acids is 1. The number of carbonyl (C=O) groups is 1. The highest BCUT2D eigenvalue weighted by Crippen LogP contribution is 2.34. The highest BCUT2D eigenvalue weighted by Gasteiger charge is 2.24. The van der Waals surface area contributed by atoms with Gasteiger partial charge in [0.25, 0.3) is 0 Å². The Morgan fingerprint density at radius 1 is 1.57 bits per heavy atom. The molecule has 0 bridgehead atoms. The Morgan fingerprint density at radius 3 is 3.10 bits per heavy atom. The van der Waals surface area contributed by atoms with Crippen LogP contribution in [0.5, 0.6) is 5.75 Å². The van der Waals surface area contributed by atoms with Crippen molar-refractivity contribution in [3.63, 3.8) is 0 Å². The topological polar surface area (TPSA) is 73.6 Å². The van der Waals surface area contributed by atoms with Crippen molar-refractivity contribution in [2.75, 3.05) is 20.3 Å². The number of methoxy groups -OCH3 is 1. The zero-order valence-corrected chi connectivity index (χ0v) is 12.7. The summed E-state index contributed by atoms with van der Waals surface area (Å²) in [7, 11) is 1.51. The molecule has 2 atom stereocenters. The van der Waals surface area contributed by atoms with Crippen LogP contribution >= 0.6 is 0 Å². The maximum Gasteiger partial charge on any atom is 0.246 e. The van der Waals surface area contributed by atoms with Crippen LogP contribution in [-0.4, -0.2) is 26.2 Å². The molecule has 0 spiro atoms. The van der Waals surface area contributed by atoms with Crippen LogP contribution in [0.4, 0.5) is 0 Å². The van der Waals surface area contributed by atoms with Gasteiger partial charge in [0.15, 0.2) is 0 Å². The summed E-state index contributed by atoms with van der Waals surface area (Å²) in [4.78, 5) is 11.7. The first-order chi connectivity index (χ1) is 10.2. The van der Waals surface area contributed by atoms with Crippen molar-refractivity contribution in [1.29, 1.82) is 0 Å². The van der Waals surface area contributed by atoms with Gasteiger partial charge in [-0.05, 0) is 24.1 Å². The zero-order chi connectivity index (χ0) is 15.2. The molecule has 0 fully saturated rings. The average molecular weight is 292 g/mol. The predicted octanol–water partition coefficient (Wildman–Crippen LogP) is 2.07. The van der Waals surface area contributed by atoms with Crippen molar-refractivity contribution in [3.8, 4) is 5.75 Å². The summed E-state index contributed by atoms with van der Waals surface area (Å²) in [6.07, 6.45) is 2.75. The fourth-order valence-corrected chi connectivity index (χ4v) is 2.64. The van der Waals surface area contributed by atoms with Crippen molar-refractivity contribution in [3.05, 3.63) is 29.3 Å². The second kappa shape index (κ2) is 7.43. The quantitative estimate of drug-likeness (QED) is 0.842. The second-order valence-corrected chi connectivity index (χ2v) is 5.38. The molecule has 1 heterocycles. The molecular formula is C16H24N2O3. The highest BCUT2D eigenvalue weighted by atomic mass is 16.5. The third-order valence-electron chi connectivity index (χ3n) is 3.71. The van der Waals surface area contributed by atoms with E-state index in [4.69, 9.17) is 15.2 Å². The molecule has 116 valence electrons. The van der Waals surface area contributed by atoms with Gasteiger partial charge in [-0.25, -0.2) is 0 Å². The summed E-state index contributed by atoms with van der Waals surface area (Å²) < 4.78 is 10.5. The van der Waals surface area contributed by atoms with Crippen molar-refractivity contribution in [2.45, 2.75) is 38.3 Å². The number of benzene rings is 1. The maximum absolute atomic E-state index is 11.7. The Labute approximate surface area is 125 Å². The van der Waals surface area contributed by atoms with Crippen LogP contribution in [0.25, 0.3) is 0 Å². The van der Waals surface area contributed by atoms with Gasteiger partial charge >= 0.3 is 0 Å². The van der Waals surface area contributed by atoms with Gasteiger partial charge in [-0.1, -0.05) is 19.4 Å². The largest absolute Gasteiger partial charge is 0.493 e. The molecular weight excluding hydrogens is 268 g/mol. The third-order valence-corrected chi connectivity index (χ3v) is 3.71. The molecule has 21 heavy (non-hydrogen) atoms. The van der Waals surface area contributed by atoms with E-state index in [0.717, 1.165) is 36.1 Å². The van der Waals surface area contributed by atoms with E-state index in [9.17, 15) is 4.79 Å². The molecule has 1 amide bonds. The van der Waals surface area contributed by atoms with Crippen LogP contribution in [-0.2, 0) is 9.53 Å². The summed E-state index contributed by atoms with van der Waals surface area (Å²) in [6.45, 7) is 2.79. The Morgan fingerprint density at radius 2 is 2.38 bits per heavy atom. The van der Waals surface area contributed by atoms with E-state index in [1.807, 2.05) is 12.1 Å². The van der Waals surface area contributed by atoms with Crippen molar-refractivity contribution in [1.82, 2.24) is 5.32 Å². The average Bonchev–Trinajstić information content (AvgIpc) is 2.47. The standard InChI is InChI=1S/C16H24N2O3/c1-3-4-13(17)11-5-6-15-12(9-11)14(7-8-21-15)18-16(19)10-20-2/h5-6,9,13-14H,3-4,7-8,10,17H2,1-2H3,(H,18,19). The molecule has 1 aliphatic heterocycles. The van der Waals surface area contributed by atoms with Gasteiger partial charge < -0.3 is 20.5 Å². The highest BCUT2D eigenvalue weighted by molar-refractivity contribution is 5.77. The van der Waals surface area contributed by atoms with Gasteiger partial charge in [0, 0.05) is 25.1 Å². The molecule has 3 N–H and O–H groups in total. The molecule has 0 saturated heterocycles. The summed E-state index contributed by atoms with van der Waals surface area (Å²) in [5.41, 5.74) is 8.28. The van der Waals surface area contributed by atoms with Gasteiger partial charge in [0.1, 0.15) is 12.4 Å². The third kappa shape index (κ3) is 3.95. The van der Waals surface area contributed by atoms with E-state index >= 15 is 0 Å². The summed E-state index contributed by atoms with van der Waals surface area (Å²) in [6, 6.07) is 6.02. The Kier molecular flexibility index (Phi) is 5.59. The fraction of sp³-hybridized carbons (Fsp3) is 0.562. The first-order valence-corrected chi connectivity index (χ1v) is 7.46. The molecule has 0 aromatic heterocycles. The van der Waals surface area contributed by atoms with Crippen LogP contribution < -0.4 is 15.8 Å². The molecule has 1 aromatic carbocycles. The van der Waals surface area contributed by atoms with Gasteiger partial charge in [-0.2, -0.15) is 0 Å². The number of hydrogen-bond donors (Lipinski definition) is 2. The minimum absolute atomic E-state index is 0.0255. The molecule has 5 nitrogen and oxygen atoms in total. The Bertz CT molecular complexity index is 490. The second-order valence-electron chi connectivity index (χ2n) is 5.38. The monoisotopic (exact) mass is 292 g/mol. The number of rotatable bonds is 6. The van der Waals surface area contributed by atoms with Crippen LogP contribution in [0, 0.1) is 0 Å². The van der Waals surface area contributed by atoms with Crippen LogP contribution in [0.15, 0.2) is 18.2 Å². The zero-order valence-electron chi connectivity index (χ0n) is 12.7. The lowest BCUT2D eigenvalue weighted by Crippen LogP contribution is -2.34. The number of hydrogen-bond acceptors (Lipinski definition) is 4. The lowest BCUT2D eigenvalue weighted by molar-refractivity contribution is -0.125. The minimum Gasteiger partial charge on any atom is -0.493 e. The molecule has 0 saturated carbocycles. The summed E-state index contributed by atoms with van der Waals surface area (Å²) >= 11 is 0. The molecule has 5 heteroatoms. The first kappa shape index (κ1) is 15.8. The van der Waals surface area contributed by atoms with Gasteiger partial charge in [0.2, 0.25) is 5.91 Å². The van der Waals surface area contributed by atoms with E-state index in [-0.39, 0.29) is 24.6 Å².